The van der Waals surface area contributed by atoms with Crippen molar-refractivity contribution in [1.82, 2.24) is 0 Å². The fraction of sp³-hybridized carbons (Fsp3) is 0.0980. The highest BCUT2D eigenvalue weighted by atomic mass is 15.2. The van der Waals surface area contributed by atoms with Crippen molar-refractivity contribution in [3.63, 3.8) is 0 Å². The Bertz CT molecular complexity index is 2530. The molecule has 0 bridgehead atoms. The molecular formula is C51H40N2. The molecule has 0 heterocycles. The number of anilines is 5. The van der Waals surface area contributed by atoms with E-state index in [0.717, 1.165) is 23.5 Å². The van der Waals surface area contributed by atoms with Gasteiger partial charge in [0.1, 0.15) is 0 Å². The van der Waals surface area contributed by atoms with Crippen LogP contribution >= 0.6 is 0 Å². The summed E-state index contributed by atoms with van der Waals surface area (Å²) in [5.74, 6) is 0. The van der Waals surface area contributed by atoms with Crippen molar-refractivity contribution in [2.24, 2.45) is 0 Å². The third kappa shape index (κ3) is 4.86. The zero-order valence-corrected chi connectivity index (χ0v) is 30.1. The number of benzene rings is 7. The summed E-state index contributed by atoms with van der Waals surface area (Å²) < 4.78 is 0. The highest BCUT2D eigenvalue weighted by Gasteiger charge is 2.53. The standard InChI is InChI=1S/C51H40N2/c1-35-15-13-21-39(31-35)52(37-17-5-3-6-18-37)41-27-29-45-46-30-28-42(53(38-19-7-4-8-20-38)40-22-14-16-36(2)32-40)34-50(46)51(49(45)33-41)47-25-11-9-23-43(47)44-24-10-12-26-48(44)51/h3-33,42H,34H2,1-2H3. The molecule has 2 heteroatoms. The third-order valence-electron chi connectivity index (χ3n) is 11.5. The van der Waals surface area contributed by atoms with Gasteiger partial charge in [-0.3, -0.25) is 0 Å². The van der Waals surface area contributed by atoms with Crippen LogP contribution in [0.15, 0.2) is 194 Å². The van der Waals surface area contributed by atoms with Crippen molar-refractivity contribution >= 4 is 34.0 Å². The van der Waals surface area contributed by atoms with E-state index in [1.54, 1.807) is 0 Å². The van der Waals surface area contributed by atoms with Crippen molar-refractivity contribution in [2.75, 3.05) is 9.80 Å². The first-order valence-electron chi connectivity index (χ1n) is 18.7. The van der Waals surface area contributed by atoms with Crippen LogP contribution in [0.2, 0.25) is 0 Å². The maximum atomic E-state index is 2.54. The van der Waals surface area contributed by atoms with Gasteiger partial charge < -0.3 is 9.80 Å². The molecule has 0 fully saturated rings. The van der Waals surface area contributed by atoms with E-state index in [1.165, 1.54) is 67.0 Å². The van der Waals surface area contributed by atoms with E-state index in [4.69, 9.17) is 0 Å². The lowest BCUT2D eigenvalue weighted by molar-refractivity contribution is 0.663. The van der Waals surface area contributed by atoms with Crippen molar-refractivity contribution in [2.45, 2.75) is 31.7 Å². The molecule has 3 aliphatic rings. The van der Waals surface area contributed by atoms with Gasteiger partial charge in [0, 0.05) is 28.4 Å². The quantitative estimate of drug-likeness (QED) is 0.172. The number of allylic oxidation sites excluding steroid dienone is 2. The second-order valence-electron chi connectivity index (χ2n) is 14.6. The molecule has 2 nitrogen and oxygen atoms in total. The zero-order valence-electron chi connectivity index (χ0n) is 30.1. The minimum Gasteiger partial charge on any atom is -0.334 e. The van der Waals surface area contributed by atoms with Crippen LogP contribution in [0, 0.1) is 13.8 Å². The highest BCUT2D eigenvalue weighted by Crippen LogP contribution is 2.64. The van der Waals surface area contributed by atoms with Crippen LogP contribution in [0.4, 0.5) is 28.4 Å². The molecular weight excluding hydrogens is 641 g/mol. The first kappa shape index (κ1) is 31.4. The molecule has 0 N–H and O–H groups in total. The molecule has 1 atom stereocenters. The molecule has 7 aromatic carbocycles. The Kier molecular flexibility index (Phi) is 7.33. The summed E-state index contributed by atoms with van der Waals surface area (Å²) in [4.78, 5) is 4.95. The maximum absolute atomic E-state index is 2.54. The fourth-order valence-corrected chi connectivity index (χ4v) is 9.40. The number of para-hydroxylation sites is 2. The second-order valence-corrected chi connectivity index (χ2v) is 14.6. The number of fused-ring (bicyclic) bond motifs is 9. The maximum Gasteiger partial charge on any atom is 0.0690 e. The topological polar surface area (TPSA) is 6.48 Å². The molecule has 53 heavy (non-hydrogen) atoms. The smallest absolute Gasteiger partial charge is 0.0690 e. The van der Waals surface area contributed by atoms with Gasteiger partial charge in [-0.2, -0.15) is 0 Å². The number of rotatable bonds is 6. The summed E-state index contributed by atoms with van der Waals surface area (Å²) in [7, 11) is 0. The Balaban J connectivity index is 1.20. The van der Waals surface area contributed by atoms with E-state index in [1.807, 2.05) is 0 Å². The number of hydrogen-bond acceptors (Lipinski definition) is 2. The van der Waals surface area contributed by atoms with Gasteiger partial charge in [0.25, 0.3) is 0 Å². The molecule has 1 unspecified atom stereocenters. The Morgan fingerprint density at radius 1 is 0.453 bits per heavy atom. The van der Waals surface area contributed by atoms with Gasteiger partial charge in [-0.25, -0.2) is 0 Å². The predicted octanol–water partition coefficient (Wildman–Crippen LogP) is 13.0. The number of aryl methyl sites for hydroxylation is 2. The molecule has 0 aliphatic heterocycles. The van der Waals surface area contributed by atoms with Crippen molar-refractivity contribution in [3.05, 3.63) is 227 Å². The van der Waals surface area contributed by atoms with Crippen molar-refractivity contribution in [1.29, 1.82) is 0 Å². The molecule has 7 aromatic rings. The summed E-state index contributed by atoms with van der Waals surface area (Å²) in [5.41, 5.74) is 18.9. The van der Waals surface area contributed by atoms with Crippen LogP contribution in [0.3, 0.4) is 0 Å². The minimum absolute atomic E-state index is 0.122. The SMILES string of the molecule is Cc1cccc(N(c2ccccc2)c2ccc3c(c2)C2(C4=C3C=CC(N(c3ccccc3)c3cccc(C)c3)C4)c3ccccc3-c3ccccc32)c1. The van der Waals surface area contributed by atoms with Gasteiger partial charge >= 0.3 is 0 Å². The lowest BCUT2D eigenvalue weighted by Gasteiger charge is -2.39. The van der Waals surface area contributed by atoms with Gasteiger partial charge in [-0.05, 0) is 137 Å². The Hall–Kier alpha value is -6.38. The summed E-state index contributed by atoms with van der Waals surface area (Å²) in [6, 6.07) is 65.1. The highest BCUT2D eigenvalue weighted by molar-refractivity contribution is 5.98. The molecule has 0 radical (unpaired) electrons. The monoisotopic (exact) mass is 680 g/mol. The van der Waals surface area contributed by atoms with E-state index in [0.29, 0.717) is 0 Å². The zero-order chi connectivity index (χ0) is 35.5. The van der Waals surface area contributed by atoms with Crippen molar-refractivity contribution < 1.29 is 0 Å². The van der Waals surface area contributed by atoms with Gasteiger partial charge in [0.05, 0.1) is 11.5 Å². The fourth-order valence-electron chi connectivity index (χ4n) is 9.40. The summed E-state index contributed by atoms with van der Waals surface area (Å²) in [6.07, 6.45) is 5.77. The predicted molar refractivity (Wildman–Crippen MR) is 222 cm³/mol. The molecule has 0 saturated heterocycles. The van der Waals surface area contributed by atoms with Gasteiger partial charge in [0.2, 0.25) is 0 Å². The van der Waals surface area contributed by atoms with Crippen LogP contribution < -0.4 is 9.80 Å². The van der Waals surface area contributed by atoms with E-state index in [9.17, 15) is 0 Å². The van der Waals surface area contributed by atoms with Crippen molar-refractivity contribution in [3.8, 4) is 11.1 Å². The first-order chi connectivity index (χ1) is 26.1. The number of hydrogen-bond donors (Lipinski definition) is 0. The van der Waals surface area contributed by atoms with Crippen LogP contribution in [-0.4, -0.2) is 6.04 Å². The second kappa shape index (κ2) is 12.4. The molecule has 0 aromatic heterocycles. The molecule has 3 aliphatic carbocycles. The summed E-state index contributed by atoms with van der Waals surface area (Å²) in [6.45, 7) is 4.36. The van der Waals surface area contributed by atoms with Gasteiger partial charge in [-0.1, -0.05) is 127 Å². The van der Waals surface area contributed by atoms with E-state index in [-0.39, 0.29) is 6.04 Å². The van der Waals surface area contributed by atoms with E-state index >= 15 is 0 Å². The van der Waals surface area contributed by atoms with E-state index < -0.39 is 5.41 Å². The van der Waals surface area contributed by atoms with Crippen LogP contribution in [0.1, 0.15) is 39.8 Å². The Morgan fingerprint density at radius 2 is 1.00 bits per heavy atom. The van der Waals surface area contributed by atoms with Crippen LogP contribution in [-0.2, 0) is 5.41 Å². The average molecular weight is 681 g/mol. The molecule has 0 amide bonds. The molecule has 0 saturated carbocycles. The Morgan fingerprint density at radius 3 is 1.66 bits per heavy atom. The first-order valence-corrected chi connectivity index (χ1v) is 18.7. The normalized spacial score (nSPS) is 15.8. The lowest BCUT2D eigenvalue weighted by Crippen LogP contribution is -2.36. The van der Waals surface area contributed by atoms with E-state index in [2.05, 4.69) is 212 Å². The molecule has 1 spiro atoms. The summed E-state index contributed by atoms with van der Waals surface area (Å²) >= 11 is 0. The minimum atomic E-state index is -0.430. The van der Waals surface area contributed by atoms with Gasteiger partial charge in [0.15, 0.2) is 0 Å². The Labute approximate surface area is 312 Å². The average Bonchev–Trinajstić information content (AvgIpc) is 3.66. The molecule has 10 rings (SSSR count). The van der Waals surface area contributed by atoms with Crippen LogP contribution in [0.5, 0.6) is 0 Å². The van der Waals surface area contributed by atoms with Crippen LogP contribution in [0.25, 0.3) is 16.7 Å². The third-order valence-corrected chi connectivity index (χ3v) is 11.5. The lowest BCUT2D eigenvalue weighted by atomic mass is 9.67. The number of nitrogens with zero attached hydrogens (tertiary/aromatic N) is 2. The largest absolute Gasteiger partial charge is 0.334 e. The molecule has 254 valence electrons. The van der Waals surface area contributed by atoms with Gasteiger partial charge in [-0.15, -0.1) is 0 Å². The summed E-state index contributed by atoms with van der Waals surface area (Å²) in [5, 5.41) is 0.